The zero-order valence-corrected chi connectivity index (χ0v) is 15.2. The summed E-state index contributed by atoms with van der Waals surface area (Å²) in [6, 6.07) is 4.05. The zero-order chi connectivity index (χ0) is 19.6. The molecule has 1 aromatic rings. The minimum atomic E-state index is -0.590. The second kappa shape index (κ2) is 7.82. The van der Waals surface area contributed by atoms with Crippen LogP contribution in [0, 0.1) is 5.82 Å². The molecule has 2 aliphatic rings. The lowest BCUT2D eigenvalue weighted by atomic mass is 10.2. The van der Waals surface area contributed by atoms with Crippen molar-refractivity contribution in [3.63, 3.8) is 0 Å². The van der Waals surface area contributed by atoms with E-state index in [9.17, 15) is 14.0 Å². The van der Waals surface area contributed by atoms with Crippen molar-refractivity contribution in [1.82, 2.24) is 10.2 Å². The number of thiocarbonyl (C=S) groups is 1. The Balaban J connectivity index is 1.66. The number of ether oxygens (including phenoxy) is 1. The fourth-order valence-corrected chi connectivity index (χ4v) is 3.21. The molecule has 3 amide bonds. The topological polar surface area (TPSA) is 111 Å². The first-order valence-electron chi connectivity index (χ1n) is 8.39. The summed E-state index contributed by atoms with van der Waals surface area (Å²) in [5, 5.41) is 11.1. The molecule has 9 nitrogen and oxygen atoms in total. The Hall–Kier alpha value is -2.82. The van der Waals surface area contributed by atoms with Crippen molar-refractivity contribution in [2.24, 2.45) is 5.73 Å². The summed E-state index contributed by atoms with van der Waals surface area (Å²) in [5.41, 5.74) is 6.04. The van der Waals surface area contributed by atoms with Gasteiger partial charge in [0.2, 0.25) is 0 Å². The summed E-state index contributed by atoms with van der Waals surface area (Å²) in [5.74, 6) is -0.467. The lowest BCUT2D eigenvalue weighted by molar-refractivity contribution is 0.142. The van der Waals surface area contributed by atoms with Gasteiger partial charge in [0.25, 0.3) is 5.17 Å². The quantitative estimate of drug-likeness (QED) is 0.644. The Labute approximate surface area is 160 Å². The van der Waals surface area contributed by atoms with E-state index in [2.05, 4.69) is 17.5 Å². The molecule has 2 aliphatic heterocycles. The van der Waals surface area contributed by atoms with E-state index in [1.165, 1.54) is 15.9 Å². The van der Waals surface area contributed by atoms with E-state index in [1.54, 1.807) is 12.1 Å². The van der Waals surface area contributed by atoms with E-state index in [1.807, 2.05) is 4.90 Å². The molecule has 2 fully saturated rings. The Kier molecular flexibility index (Phi) is 5.49. The van der Waals surface area contributed by atoms with Gasteiger partial charge < -0.3 is 30.7 Å². The molecule has 1 unspecified atom stereocenters. The molecule has 0 radical (unpaired) electrons. The number of piperazine rings is 1. The second-order valence-corrected chi connectivity index (χ2v) is 6.64. The third-order valence-electron chi connectivity index (χ3n) is 4.53. The fraction of sp³-hybridized carbons (Fsp3) is 0.438. The highest BCUT2D eigenvalue weighted by molar-refractivity contribution is 7.79. The summed E-state index contributed by atoms with van der Waals surface area (Å²) in [4.78, 5) is 27.9. The lowest BCUT2D eigenvalue weighted by Crippen LogP contribution is -2.50. The van der Waals surface area contributed by atoms with Gasteiger partial charge in [-0.15, -0.1) is 0 Å². The minimum Gasteiger partial charge on any atom is -0.487 e. The molecule has 3 rings (SSSR count). The maximum absolute atomic E-state index is 14.6. The highest BCUT2D eigenvalue weighted by atomic mass is 32.1. The first-order chi connectivity index (χ1) is 12.8. The summed E-state index contributed by atoms with van der Waals surface area (Å²) in [6.07, 6.45) is -1.10. The van der Waals surface area contributed by atoms with E-state index < -0.39 is 24.0 Å². The number of hydrogen-bond acceptors (Lipinski definition) is 5. The maximum Gasteiger partial charge on any atom is 0.414 e. The number of anilines is 2. The van der Waals surface area contributed by atoms with Crippen molar-refractivity contribution in [3.05, 3.63) is 24.0 Å². The molecule has 0 saturated carbocycles. The number of rotatable bonds is 4. The van der Waals surface area contributed by atoms with Crippen LogP contribution in [0.15, 0.2) is 18.2 Å². The molecule has 1 aromatic carbocycles. The van der Waals surface area contributed by atoms with Crippen LogP contribution in [-0.2, 0) is 4.74 Å². The Bertz CT molecular complexity index is 756. The van der Waals surface area contributed by atoms with Crippen LogP contribution in [0.4, 0.5) is 25.4 Å². The van der Waals surface area contributed by atoms with Crippen molar-refractivity contribution < 1.29 is 23.8 Å². The zero-order valence-electron chi connectivity index (χ0n) is 14.4. The molecule has 1 atom stereocenters. The normalized spacial score (nSPS) is 19.8. The molecule has 27 heavy (non-hydrogen) atoms. The Morgan fingerprint density at radius 3 is 2.67 bits per heavy atom. The third-order valence-corrected chi connectivity index (χ3v) is 4.67. The van der Waals surface area contributed by atoms with Gasteiger partial charge in [0.15, 0.2) is 0 Å². The minimum absolute atomic E-state index is 0.169. The number of benzene rings is 1. The SMILES string of the molecule is NC(=O)N1CCN(c2ccc(N3CC(CNC(O)=S)OC3=O)cc2F)CC1. The number of carbonyl (C=O) groups excluding carboxylic acids is 2. The average molecular weight is 397 g/mol. The van der Waals surface area contributed by atoms with Gasteiger partial charge in [0.05, 0.1) is 24.5 Å². The average Bonchev–Trinajstić information content (AvgIpc) is 3.01. The number of aliphatic hydroxyl groups is 1. The number of aliphatic hydroxyl groups excluding tert-OH is 1. The lowest BCUT2D eigenvalue weighted by Gasteiger charge is -2.35. The third kappa shape index (κ3) is 4.30. The van der Waals surface area contributed by atoms with Gasteiger partial charge in [-0.1, -0.05) is 0 Å². The molecule has 2 heterocycles. The number of hydrogen-bond donors (Lipinski definition) is 3. The van der Waals surface area contributed by atoms with Crippen molar-refractivity contribution in [1.29, 1.82) is 0 Å². The van der Waals surface area contributed by atoms with Crippen LogP contribution in [0.3, 0.4) is 0 Å². The number of nitrogens with zero attached hydrogens (tertiary/aromatic N) is 3. The van der Waals surface area contributed by atoms with Gasteiger partial charge in [0.1, 0.15) is 11.9 Å². The van der Waals surface area contributed by atoms with Crippen LogP contribution in [0.1, 0.15) is 0 Å². The van der Waals surface area contributed by atoms with Crippen LogP contribution < -0.4 is 20.9 Å². The number of primary amides is 1. The van der Waals surface area contributed by atoms with E-state index >= 15 is 0 Å². The van der Waals surface area contributed by atoms with Crippen LogP contribution in [0.25, 0.3) is 0 Å². The molecular formula is C16H20FN5O4S. The predicted octanol–water partition coefficient (Wildman–Crippen LogP) is 0.784. The van der Waals surface area contributed by atoms with Crippen LogP contribution in [-0.4, -0.2) is 72.7 Å². The standard InChI is InChI=1S/C16H20FN5O4S/c17-12-7-10(22-9-11(26-16(22)25)8-19-15(24)27)1-2-13(12)20-3-5-21(6-4-20)14(18)23/h1-2,7,11H,3-6,8-9H2,(H2,18,23)(H2,19,24,27). The first kappa shape index (κ1) is 19.0. The van der Waals surface area contributed by atoms with Crippen LogP contribution in [0.5, 0.6) is 0 Å². The van der Waals surface area contributed by atoms with Crippen LogP contribution >= 0.6 is 12.2 Å². The van der Waals surface area contributed by atoms with Gasteiger partial charge in [-0.3, -0.25) is 4.90 Å². The molecule has 0 spiro atoms. The van der Waals surface area contributed by atoms with E-state index in [4.69, 9.17) is 15.6 Å². The Morgan fingerprint density at radius 2 is 2.07 bits per heavy atom. The summed E-state index contributed by atoms with van der Waals surface area (Å²) >= 11 is 4.50. The van der Waals surface area contributed by atoms with Gasteiger partial charge >= 0.3 is 12.1 Å². The molecule has 0 bridgehead atoms. The monoisotopic (exact) mass is 397 g/mol. The van der Waals surface area contributed by atoms with Crippen molar-refractivity contribution in [2.75, 3.05) is 49.1 Å². The maximum atomic E-state index is 14.6. The fourth-order valence-electron chi connectivity index (χ4n) is 3.13. The molecule has 146 valence electrons. The molecule has 2 saturated heterocycles. The van der Waals surface area contributed by atoms with E-state index in [-0.39, 0.29) is 18.3 Å². The van der Waals surface area contributed by atoms with Crippen LogP contribution in [0.2, 0.25) is 0 Å². The van der Waals surface area contributed by atoms with Crippen molar-refractivity contribution >= 4 is 40.9 Å². The van der Waals surface area contributed by atoms with Gasteiger partial charge in [0, 0.05) is 26.2 Å². The van der Waals surface area contributed by atoms with Gasteiger partial charge in [-0.2, -0.15) is 0 Å². The highest BCUT2D eigenvalue weighted by Crippen LogP contribution is 2.28. The van der Waals surface area contributed by atoms with Crippen molar-refractivity contribution in [3.8, 4) is 0 Å². The number of nitrogens with one attached hydrogen (secondary N) is 1. The van der Waals surface area contributed by atoms with E-state index in [0.29, 0.717) is 37.6 Å². The number of urea groups is 1. The molecule has 4 N–H and O–H groups in total. The predicted molar refractivity (Wildman–Crippen MR) is 101 cm³/mol. The number of nitrogens with two attached hydrogens (primary N) is 1. The number of halogens is 1. The van der Waals surface area contributed by atoms with Gasteiger partial charge in [-0.25, -0.2) is 14.0 Å². The highest BCUT2D eigenvalue weighted by Gasteiger charge is 2.33. The number of amides is 3. The largest absolute Gasteiger partial charge is 0.487 e. The molecule has 0 aliphatic carbocycles. The second-order valence-electron chi connectivity index (χ2n) is 6.25. The van der Waals surface area contributed by atoms with E-state index in [0.717, 1.165) is 0 Å². The number of cyclic esters (lactones) is 1. The summed E-state index contributed by atoms with van der Waals surface area (Å²) < 4.78 is 19.8. The molecule has 0 aromatic heterocycles. The summed E-state index contributed by atoms with van der Waals surface area (Å²) in [7, 11) is 0. The smallest absolute Gasteiger partial charge is 0.414 e. The summed E-state index contributed by atoms with van der Waals surface area (Å²) in [6.45, 7) is 2.18. The first-order valence-corrected chi connectivity index (χ1v) is 8.80. The molecular weight excluding hydrogens is 377 g/mol. The number of carbonyl (C=O) groups is 2. The Morgan fingerprint density at radius 1 is 1.37 bits per heavy atom. The molecule has 11 heteroatoms. The van der Waals surface area contributed by atoms with Gasteiger partial charge in [-0.05, 0) is 30.4 Å². The van der Waals surface area contributed by atoms with Crippen molar-refractivity contribution in [2.45, 2.75) is 6.10 Å².